The maximum Gasteiger partial charge on any atom is 0.144 e. The number of aromatic nitrogens is 2. The normalized spacial score (nSPS) is 12.0. The van der Waals surface area contributed by atoms with Crippen LogP contribution in [0.5, 0.6) is 0 Å². The van der Waals surface area contributed by atoms with Gasteiger partial charge in [-0.05, 0) is 52.7 Å². The molecule has 0 bridgehead atoms. The zero-order valence-electron chi connectivity index (χ0n) is 24.1. The molecule has 0 aliphatic rings. The number of fused-ring (bicyclic) bond motifs is 9. The van der Waals surface area contributed by atoms with Crippen molar-refractivity contribution in [2.75, 3.05) is 0 Å². The van der Waals surface area contributed by atoms with Crippen molar-refractivity contribution in [1.29, 1.82) is 0 Å². The second kappa shape index (κ2) is 9.39. The van der Waals surface area contributed by atoms with E-state index in [0.717, 1.165) is 59.5 Å². The van der Waals surface area contributed by atoms with Crippen molar-refractivity contribution in [3.63, 3.8) is 0 Å². The van der Waals surface area contributed by atoms with Crippen LogP contribution in [0, 0.1) is 0 Å². The SMILES string of the molecule is c1ccc(-c2cc3nc(-c4ccc5c6ccccc6n(-c6ccc7ccccc7c6)c5c4)sc3c3c2oc2ccccc23)cc1. The highest BCUT2D eigenvalue weighted by molar-refractivity contribution is 7.22. The van der Waals surface area contributed by atoms with Crippen LogP contribution in [0.1, 0.15) is 0 Å². The summed E-state index contributed by atoms with van der Waals surface area (Å²) in [4.78, 5) is 5.28. The zero-order chi connectivity index (χ0) is 29.5. The number of thiazole rings is 1. The van der Waals surface area contributed by atoms with Crippen LogP contribution in [0.2, 0.25) is 0 Å². The van der Waals surface area contributed by atoms with E-state index in [1.165, 1.54) is 32.6 Å². The largest absolute Gasteiger partial charge is 0.455 e. The minimum atomic E-state index is 0.897. The third kappa shape index (κ3) is 3.67. The summed E-state index contributed by atoms with van der Waals surface area (Å²) in [6.07, 6.45) is 0. The molecule has 0 spiro atoms. The lowest BCUT2D eigenvalue weighted by Crippen LogP contribution is -1.94. The summed E-state index contributed by atoms with van der Waals surface area (Å²) in [5.41, 5.74) is 9.62. The minimum Gasteiger partial charge on any atom is -0.455 e. The quantitative estimate of drug-likeness (QED) is 0.204. The van der Waals surface area contributed by atoms with Crippen molar-refractivity contribution in [2.45, 2.75) is 0 Å². The number of furan rings is 1. The van der Waals surface area contributed by atoms with E-state index in [0.29, 0.717) is 0 Å². The standard InChI is InChI=1S/C41H24N2OS/c1-2-11-26(12-3-1)33-24-34-40(38-32-15-7-9-17-37(32)44-39(33)38)45-41(42-34)28-19-21-31-30-14-6-8-16-35(30)43(36(31)23-28)29-20-18-25-10-4-5-13-27(25)22-29/h1-24H. The van der Waals surface area contributed by atoms with Crippen molar-refractivity contribution in [3.8, 4) is 27.4 Å². The second-order valence-electron chi connectivity index (χ2n) is 11.6. The molecule has 0 fully saturated rings. The van der Waals surface area contributed by atoms with Gasteiger partial charge in [0, 0.05) is 38.4 Å². The Balaban J connectivity index is 1.24. The lowest BCUT2D eigenvalue weighted by Gasteiger charge is -2.10. The van der Waals surface area contributed by atoms with Gasteiger partial charge in [-0.25, -0.2) is 4.98 Å². The van der Waals surface area contributed by atoms with Gasteiger partial charge in [-0.15, -0.1) is 11.3 Å². The van der Waals surface area contributed by atoms with Crippen LogP contribution < -0.4 is 0 Å². The van der Waals surface area contributed by atoms with E-state index in [9.17, 15) is 0 Å². The maximum atomic E-state index is 6.52. The molecule has 0 amide bonds. The number of rotatable bonds is 3. The molecule has 0 saturated heterocycles. The van der Waals surface area contributed by atoms with E-state index >= 15 is 0 Å². The molecule has 4 heteroatoms. The van der Waals surface area contributed by atoms with Gasteiger partial charge in [0.15, 0.2) is 0 Å². The monoisotopic (exact) mass is 592 g/mol. The summed E-state index contributed by atoms with van der Waals surface area (Å²) in [6.45, 7) is 0. The van der Waals surface area contributed by atoms with E-state index < -0.39 is 0 Å². The fraction of sp³-hybridized carbons (Fsp3) is 0. The topological polar surface area (TPSA) is 31.0 Å². The van der Waals surface area contributed by atoms with Crippen molar-refractivity contribution in [2.24, 2.45) is 0 Å². The van der Waals surface area contributed by atoms with Crippen LogP contribution in [0.25, 0.3) is 92.1 Å². The second-order valence-corrected chi connectivity index (χ2v) is 12.6. The zero-order valence-corrected chi connectivity index (χ0v) is 24.9. The highest BCUT2D eigenvalue weighted by Crippen LogP contribution is 2.45. The van der Waals surface area contributed by atoms with Crippen molar-refractivity contribution in [1.82, 2.24) is 9.55 Å². The highest BCUT2D eigenvalue weighted by Gasteiger charge is 2.20. The average Bonchev–Trinajstić information content (AvgIpc) is 3.79. The highest BCUT2D eigenvalue weighted by atomic mass is 32.1. The number of para-hydroxylation sites is 2. The summed E-state index contributed by atoms with van der Waals surface area (Å²) in [5, 5.41) is 8.21. The first-order chi connectivity index (χ1) is 22.3. The summed E-state index contributed by atoms with van der Waals surface area (Å²) in [6, 6.07) is 51.7. The summed E-state index contributed by atoms with van der Waals surface area (Å²) >= 11 is 1.74. The molecule has 0 aliphatic heterocycles. The van der Waals surface area contributed by atoms with Crippen LogP contribution in [0.15, 0.2) is 150 Å². The third-order valence-corrected chi connectivity index (χ3v) is 10.1. The number of hydrogen-bond acceptors (Lipinski definition) is 3. The van der Waals surface area contributed by atoms with Crippen LogP contribution in [0.4, 0.5) is 0 Å². The fourth-order valence-corrected chi connectivity index (χ4v) is 8.02. The molecule has 45 heavy (non-hydrogen) atoms. The van der Waals surface area contributed by atoms with Crippen molar-refractivity contribution < 1.29 is 4.42 Å². The smallest absolute Gasteiger partial charge is 0.144 e. The molecule has 10 rings (SSSR count). The van der Waals surface area contributed by atoms with Gasteiger partial charge in [0.1, 0.15) is 16.2 Å². The van der Waals surface area contributed by atoms with Crippen LogP contribution >= 0.6 is 11.3 Å². The Morgan fingerprint density at radius 3 is 2.22 bits per heavy atom. The van der Waals surface area contributed by atoms with Crippen molar-refractivity contribution in [3.05, 3.63) is 146 Å². The molecule has 0 radical (unpaired) electrons. The molecule has 0 aliphatic carbocycles. The Labute approximate surface area is 262 Å². The first-order valence-corrected chi connectivity index (χ1v) is 15.9. The van der Waals surface area contributed by atoms with E-state index in [4.69, 9.17) is 9.40 Å². The van der Waals surface area contributed by atoms with E-state index in [-0.39, 0.29) is 0 Å². The first-order valence-electron chi connectivity index (χ1n) is 15.1. The molecule has 7 aromatic carbocycles. The van der Waals surface area contributed by atoms with Gasteiger partial charge in [0.05, 0.1) is 21.3 Å². The van der Waals surface area contributed by atoms with Gasteiger partial charge in [-0.1, -0.05) is 109 Å². The van der Waals surface area contributed by atoms with Crippen LogP contribution in [-0.2, 0) is 0 Å². The summed E-state index contributed by atoms with van der Waals surface area (Å²) in [5.74, 6) is 0. The van der Waals surface area contributed by atoms with E-state index in [1.54, 1.807) is 11.3 Å². The molecule has 0 atom stereocenters. The summed E-state index contributed by atoms with van der Waals surface area (Å²) < 4.78 is 10.1. The van der Waals surface area contributed by atoms with Gasteiger partial charge in [-0.3, -0.25) is 0 Å². The molecular formula is C41H24N2OS. The molecule has 0 saturated carbocycles. The maximum absolute atomic E-state index is 6.52. The molecule has 210 valence electrons. The molecule has 3 aromatic heterocycles. The lowest BCUT2D eigenvalue weighted by atomic mass is 10.0. The number of benzene rings is 7. The van der Waals surface area contributed by atoms with Crippen LogP contribution in [-0.4, -0.2) is 9.55 Å². The van der Waals surface area contributed by atoms with Gasteiger partial charge in [0.25, 0.3) is 0 Å². The third-order valence-electron chi connectivity index (χ3n) is 9.00. The van der Waals surface area contributed by atoms with Crippen LogP contribution in [0.3, 0.4) is 0 Å². The van der Waals surface area contributed by atoms with Crippen molar-refractivity contribution >= 4 is 76.1 Å². The molecule has 3 nitrogen and oxygen atoms in total. The Hall–Kier alpha value is -5.71. The fourth-order valence-electron chi connectivity index (χ4n) is 6.92. The Morgan fingerprint density at radius 2 is 1.31 bits per heavy atom. The minimum absolute atomic E-state index is 0.897. The van der Waals surface area contributed by atoms with Gasteiger partial charge >= 0.3 is 0 Å². The predicted octanol–water partition coefficient (Wildman–Crippen LogP) is 11.8. The summed E-state index contributed by atoms with van der Waals surface area (Å²) in [7, 11) is 0. The Kier molecular flexibility index (Phi) is 5.16. The molecule has 3 heterocycles. The molecular weight excluding hydrogens is 569 g/mol. The number of nitrogens with zero attached hydrogens (tertiary/aromatic N) is 2. The Bertz CT molecular complexity index is 2770. The molecule has 0 unspecified atom stereocenters. The molecule has 10 aromatic rings. The van der Waals surface area contributed by atoms with E-state index in [1.807, 2.05) is 12.1 Å². The van der Waals surface area contributed by atoms with Gasteiger partial charge in [-0.2, -0.15) is 0 Å². The van der Waals surface area contributed by atoms with Gasteiger partial charge < -0.3 is 8.98 Å². The Morgan fingerprint density at radius 1 is 0.556 bits per heavy atom. The van der Waals surface area contributed by atoms with E-state index in [2.05, 4.69) is 138 Å². The lowest BCUT2D eigenvalue weighted by molar-refractivity contribution is 0.670. The first kappa shape index (κ1) is 24.7. The predicted molar refractivity (Wildman–Crippen MR) is 190 cm³/mol. The molecule has 0 N–H and O–H groups in total. The average molecular weight is 593 g/mol. The number of hydrogen-bond donors (Lipinski definition) is 0. The van der Waals surface area contributed by atoms with Gasteiger partial charge in [0.2, 0.25) is 0 Å².